The maximum Gasteiger partial charge on any atom is 0.259 e. The van der Waals surface area contributed by atoms with E-state index in [1.807, 2.05) is 71.8 Å². The SMILES string of the molecule is COc1cc(COc2ccc(Oc3ccccc3C(=O)Nc3ccc4nc(-c5cccnc5)n(C)c4c3)cc2C(=O)Nc2ccc3nc(-c4cccnc4)n(C)c3c2)ccc1C(=O)Nc1ccc2nc(-c3ncccc3F)n(C)c2c1. The first kappa shape index (κ1) is 50.7. The second-order valence-corrected chi connectivity index (χ2v) is 18.9. The molecule has 19 heteroatoms. The topological polar surface area (TPSA) is 207 Å². The Balaban J connectivity index is 0.801. The van der Waals surface area contributed by atoms with Crippen LogP contribution in [-0.2, 0) is 27.7 Å². The van der Waals surface area contributed by atoms with Crippen molar-refractivity contribution in [2.24, 2.45) is 21.1 Å². The van der Waals surface area contributed by atoms with Crippen LogP contribution in [0.25, 0.3) is 67.4 Å². The van der Waals surface area contributed by atoms with Crippen LogP contribution < -0.4 is 30.2 Å². The van der Waals surface area contributed by atoms with Gasteiger partial charge in [0.2, 0.25) is 0 Å². The third kappa shape index (κ3) is 10.1. The number of methoxy groups -OCH3 is 1. The fourth-order valence-electron chi connectivity index (χ4n) is 9.59. The molecule has 18 nitrogen and oxygen atoms in total. The monoisotopic (exact) mass is 1070 g/mol. The summed E-state index contributed by atoms with van der Waals surface area (Å²) in [5, 5.41) is 8.98. The second-order valence-electron chi connectivity index (χ2n) is 18.9. The third-order valence-electron chi connectivity index (χ3n) is 13.7. The molecule has 3 amide bonds. The number of aryl methyl sites for hydroxylation is 3. The van der Waals surface area contributed by atoms with Gasteiger partial charge in [0.25, 0.3) is 17.7 Å². The second kappa shape index (κ2) is 21.4. The smallest absolute Gasteiger partial charge is 0.259 e. The molecule has 0 atom stereocenters. The first-order valence-corrected chi connectivity index (χ1v) is 25.4. The van der Waals surface area contributed by atoms with Crippen molar-refractivity contribution in [3.05, 3.63) is 211 Å². The summed E-state index contributed by atoms with van der Waals surface area (Å²) in [6.07, 6.45) is 8.40. The number of imidazole rings is 3. The van der Waals surface area contributed by atoms with Crippen LogP contribution in [-0.4, -0.2) is 68.4 Å². The van der Waals surface area contributed by atoms with E-state index in [-0.39, 0.29) is 52.0 Å². The van der Waals surface area contributed by atoms with Gasteiger partial charge in [-0.1, -0.05) is 18.2 Å². The van der Waals surface area contributed by atoms with E-state index in [4.69, 9.17) is 24.2 Å². The molecule has 0 aliphatic rings. The minimum Gasteiger partial charge on any atom is -0.496 e. The normalized spacial score (nSPS) is 11.2. The highest BCUT2D eigenvalue weighted by Crippen LogP contribution is 2.35. The quantitative estimate of drug-likeness (QED) is 0.0876. The number of nitrogens with one attached hydrogen (secondary N) is 3. The van der Waals surface area contributed by atoms with Crippen molar-refractivity contribution in [2.45, 2.75) is 6.61 Å². The zero-order chi connectivity index (χ0) is 55.7. The molecule has 0 unspecified atom stereocenters. The summed E-state index contributed by atoms with van der Waals surface area (Å²) in [5.41, 5.74) is 8.91. The van der Waals surface area contributed by atoms with Gasteiger partial charge >= 0.3 is 0 Å². The Bertz CT molecular complexity index is 4430. The van der Waals surface area contributed by atoms with Crippen LogP contribution in [0.3, 0.4) is 0 Å². The minimum atomic E-state index is -0.512. The lowest BCUT2D eigenvalue weighted by molar-refractivity contribution is 0.101. The number of benzene rings is 6. The first-order chi connectivity index (χ1) is 39.5. The predicted molar refractivity (Wildman–Crippen MR) is 306 cm³/mol. The van der Waals surface area contributed by atoms with E-state index in [0.717, 1.165) is 39.0 Å². The molecule has 81 heavy (non-hydrogen) atoms. The Kier molecular flexibility index (Phi) is 13.4. The van der Waals surface area contributed by atoms with Gasteiger partial charge in [-0.2, -0.15) is 0 Å². The molecular weight excluding hydrogens is 1030 g/mol. The third-order valence-corrected chi connectivity index (χ3v) is 13.7. The first-order valence-electron chi connectivity index (χ1n) is 25.4. The molecule has 12 aromatic rings. The minimum absolute atomic E-state index is 0.0361. The molecule has 6 heterocycles. The molecule has 6 aromatic heterocycles. The average Bonchev–Trinajstić information content (AvgIpc) is 4.20. The summed E-state index contributed by atoms with van der Waals surface area (Å²) in [4.78, 5) is 69.3. The lowest BCUT2D eigenvalue weighted by Crippen LogP contribution is -2.15. The molecular formula is C62H47FN12O6. The number of hydrogen-bond acceptors (Lipinski definition) is 12. The number of pyridine rings is 3. The van der Waals surface area contributed by atoms with Crippen LogP contribution in [0.15, 0.2) is 183 Å². The number of halogens is 1. The van der Waals surface area contributed by atoms with Gasteiger partial charge in [0.15, 0.2) is 11.6 Å². The number of fused-ring (bicyclic) bond motifs is 3. The van der Waals surface area contributed by atoms with Gasteiger partial charge < -0.3 is 43.9 Å². The van der Waals surface area contributed by atoms with Gasteiger partial charge in [-0.15, -0.1) is 0 Å². The van der Waals surface area contributed by atoms with E-state index >= 15 is 0 Å². The number of amides is 3. The van der Waals surface area contributed by atoms with Gasteiger partial charge in [0, 0.05) is 80.3 Å². The number of carbonyl (C=O) groups excluding carboxylic acids is 3. The zero-order valence-electron chi connectivity index (χ0n) is 43.9. The zero-order valence-corrected chi connectivity index (χ0v) is 43.9. The number of ether oxygens (including phenoxy) is 3. The molecule has 6 aromatic carbocycles. The van der Waals surface area contributed by atoms with E-state index in [1.54, 1.807) is 127 Å². The molecule has 0 saturated carbocycles. The van der Waals surface area contributed by atoms with Crippen LogP contribution in [0.5, 0.6) is 23.0 Å². The van der Waals surface area contributed by atoms with E-state index in [2.05, 4.69) is 35.9 Å². The van der Waals surface area contributed by atoms with Crippen LogP contribution >= 0.6 is 0 Å². The average molecular weight is 1080 g/mol. The highest BCUT2D eigenvalue weighted by molar-refractivity contribution is 6.09. The Morgan fingerprint density at radius 3 is 1.59 bits per heavy atom. The van der Waals surface area contributed by atoms with Crippen LogP contribution in [0.4, 0.5) is 21.5 Å². The van der Waals surface area contributed by atoms with Crippen molar-refractivity contribution in [1.82, 2.24) is 43.6 Å². The lowest BCUT2D eigenvalue weighted by Gasteiger charge is -2.16. The molecule has 0 aliphatic carbocycles. The molecule has 0 radical (unpaired) electrons. The van der Waals surface area contributed by atoms with Crippen molar-refractivity contribution in [3.63, 3.8) is 0 Å². The van der Waals surface area contributed by atoms with E-state index in [1.165, 1.54) is 25.4 Å². The Labute approximate surface area is 461 Å². The fourth-order valence-corrected chi connectivity index (χ4v) is 9.59. The summed E-state index contributed by atoms with van der Waals surface area (Å²) >= 11 is 0. The predicted octanol–water partition coefficient (Wildman–Crippen LogP) is 11.8. The fraction of sp³-hybridized carbons (Fsp3) is 0.0806. The molecule has 0 saturated heterocycles. The van der Waals surface area contributed by atoms with Gasteiger partial charge in [-0.25, -0.2) is 24.3 Å². The Morgan fingerprint density at radius 2 is 1.04 bits per heavy atom. The van der Waals surface area contributed by atoms with Gasteiger partial charge in [-0.05, 0) is 139 Å². The molecule has 398 valence electrons. The molecule has 0 bridgehead atoms. The number of carbonyl (C=O) groups is 3. The number of hydrogen-bond donors (Lipinski definition) is 3. The van der Waals surface area contributed by atoms with Crippen molar-refractivity contribution >= 4 is 67.9 Å². The Morgan fingerprint density at radius 1 is 0.506 bits per heavy atom. The van der Waals surface area contributed by atoms with Crippen LogP contribution in [0.1, 0.15) is 36.6 Å². The number of nitrogens with zero attached hydrogens (tertiary/aromatic N) is 9. The van der Waals surface area contributed by atoms with Gasteiger partial charge in [0.1, 0.15) is 46.9 Å². The summed E-state index contributed by atoms with van der Waals surface area (Å²) in [6.45, 7) is -0.0361. The summed E-state index contributed by atoms with van der Waals surface area (Å²) in [5.74, 6) is 0.895. The summed E-state index contributed by atoms with van der Waals surface area (Å²) in [7, 11) is 7.02. The maximum atomic E-state index is 14.7. The van der Waals surface area contributed by atoms with E-state index in [0.29, 0.717) is 45.3 Å². The van der Waals surface area contributed by atoms with Crippen molar-refractivity contribution in [2.75, 3.05) is 23.1 Å². The standard InChI is InChI=1S/C62H47FN12O6/c1-73-50-29-39(16-21-47(50)70-57(73)37-10-7-25-64-33-37)67-60(76)43-12-5-6-14-54(43)81-42-19-24-53(45(32-42)62(78)69-41-17-22-48-51(30-41)74(2)58(71-48)38-11-8-26-65-34-38)80-35-36-15-20-44(55(28-36)79-4)61(77)68-40-18-23-49-52(31-40)75(3)59(72-49)56-46(63)13-9-27-66-56/h5-34H,35H2,1-4H3,(H,67,76)(H,68,77)(H,69,78). The number of anilines is 3. The van der Waals surface area contributed by atoms with Gasteiger partial charge in [0.05, 0.1) is 56.9 Å². The van der Waals surface area contributed by atoms with E-state index < -0.39 is 23.5 Å². The lowest BCUT2D eigenvalue weighted by atomic mass is 10.1. The number of aromatic nitrogens is 9. The molecule has 12 rings (SSSR count). The highest BCUT2D eigenvalue weighted by atomic mass is 19.1. The summed E-state index contributed by atoms with van der Waals surface area (Å²) in [6, 6.07) is 43.2. The van der Waals surface area contributed by atoms with Gasteiger partial charge in [-0.3, -0.25) is 24.4 Å². The number of rotatable bonds is 15. The highest BCUT2D eigenvalue weighted by Gasteiger charge is 2.22. The molecule has 0 fully saturated rings. The molecule has 0 spiro atoms. The van der Waals surface area contributed by atoms with Crippen molar-refractivity contribution < 1.29 is 33.0 Å². The van der Waals surface area contributed by atoms with E-state index in [9.17, 15) is 18.8 Å². The van der Waals surface area contributed by atoms with Crippen molar-refractivity contribution in [3.8, 4) is 57.3 Å². The van der Waals surface area contributed by atoms with Crippen LogP contribution in [0.2, 0.25) is 0 Å². The largest absolute Gasteiger partial charge is 0.496 e. The van der Waals surface area contributed by atoms with Crippen LogP contribution in [0, 0.1) is 5.82 Å². The maximum absolute atomic E-state index is 14.7. The summed E-state index contributed by atoms with van der Waals surface area (Å²) < 4.78 is 38.8. The molecule has 0 aliphatic heterocycles. The van der Waals surface area contributed by atoms with Crippen molar-refractivity contribution in [1.29, 1.82) is 0 Å². The Hall–Kier alpha value is -11.1. The number of para-hydroxylation sites is 1. The molecule has 3 N–H and O–H groups in total.